The van der Waals surface area contributed by atoms with Gasteiger partial charge in [-0.05, 0) is 48.6 Å². The molecule has 4 rings (SSSR count). The molecule has 0 spiro atoms. The summed E-state index contributed by atoms with van der Waals surface area (Å²) in [7, 11) is 1.59. The van der Waals surface area contributed by atoms with Crippen LogP contribution in [0.2, 0.25) is 0 Å². The molecule has 4 nitrogen and oxygen atoms in total. The van der Waals surface area contributed by atoms with Crippen molar-refractivity contribution in [1.29, 1.82) is 0 Å². The monoisotopic (exact) mass is 385 g/mol. The molecule has 1 atom stereocenters. The van der Waals surface area contributed by atoms with E-state index in [0.29, 0.717) is 23.9 Å². The van der Waals surface area contributed by atoms with Crippen LogP contribution >= 0.6 is 0 Å². The molecule has 0 bridgehead atoms. The Balaban J connectivity index is 1.90. The van der Waals surface area contributed by atoms with Gasteiger partial charge in [0.1, 0.15) is 17.4 Å². The fraction of sp³-hybridized carbons (Fsp3) is 0.318. The summed E-state index contributed by atoms with van der Waals surface area (Å²) in [5.74, 6) is -1.61. The normalized spacial score (nSPS) is 16.2. The number of nitrogens with zero attached hydrogens (tertiary/aromatic N) is 1. The van der Waals surface area contributed by atoms with Crippen LogP contribution in [0.5, 0.6) is 5.75 Å². The van der Waals surface area contributed by atoms with E-state index in [9.17, 15) is 18.7 Å². The van der Waals surface area contributed by atoms with Gasteiger partial charge in [-0.15, -0.1) is 0 Å². The molecule has 6 heteroatoms. The van der Waals surface area contributed by atoms with Gasteiger partial charge in [0.15, 0.2) is 0 Å². The summed E-state index contributed by atoms with van der Waals surface area (Å²) in [5.41, 5.74) is 2.98. The minimum absolute atomic E-state index is 0.0178. The number of ether oxygens (including phenoxy) is 1. The van der Waals surface area contributed by atoms with Crippen molar-refractivity contribution in [3.8, 4) is 5.75 Å². The SMILES string of the molecule is COc1ccc(Cn2c3c(c4cc(F)cc(F)c42)CCCC3CC(=O)O)cc1. The van der Waals surface area contributed by atoms with E-state index in [1.807, 2.05) is 28.8 Å². The average molecular weight is 385 g/mol. The van der Waals surface area contributed by atoms with Gasteiger partial charge in [0.05, 0.1) is 19.0 Å². The lowest BCUT2D eigenvalue weighted by atomic mass is 9.84. The van der Waals surface area contributed by atoms with Gasteiger partial charge >= 0.3 is 5.97 Å². The van der Waals surface area contributed by atoms with E-state index in [4.69, 9.17) is 4.74 Å². The maximum atomic E-state index is 14.8. The number of methoxy groups -OCH3 is 1. The van der Waals surface area contributed by atoms with E-state index in [2.05, 4.69) is 0 Å². The Morgan fingerprint density at radius 1 is 1.25 bits per heavy atom. The highest BCUT2D eigenvalue weighted by molar-refractivity contribution is 5.87. The number of carbonyl (C=O) groups is 1. The van der Waals surface area contributed by atoms with Crippen molar-refractivity contribution in [3.63, 3.8) is 0 Å². The van der Waals surface area contributed by atoms with Crippen LogP contribution in [0.4, 0.5) is 8.78 Å². The molecule has 1 aliphatic rings. The lowest BCUT2D eigenvalue weighted by Gasteiger charge is -2.24. The first kappa shape index (κ1) is 18.5. The van der Waals surface area contributed by atoms with Crippen molar-refractivity contribution >= 4 is 16.9 Å². The first-order valence-electron chi connectivity index (χ1n) is 9.32. The van der Waals surface area contributed by atoms with E-state index < -0.39 is 17.6 Å². The Hall–Kier alpha value is -2.89. The Kier molecular flexibility index (Phi) is 4.79. The van der Waals surface area contributed by atoms with Crippen LogP contribution in [0.3, 0.4) is 0 Å². The molecule has 0 aliphatic heterocycles. The molecule has 1 aliphatic carbocycles. The predicted molar refractivity (Wildman–Crippen MR) is 102 cm³/mol. The van der Waals surface area contributed by atoms with Gasteiger partial charge in [-0.1, -0.05) is 12.1 Å². The Morgan fingerprint density at radius 2 is 2.00 bits per heavy atom. The molecule has 0 saturated carbocycles. The van der Waals surface area contributed by atoms with Crippen LogP contribution in [0.25, 0.3) is 10.9 Å². The number of hydrogen-bond acceptors (Lipinski definition) is 2. The van der Waals surface area contributed by atoms with Crippen LogP contribution in [-0.2, 0) is 17.8 Å². The molecule has 1 aromatic heterocycles. The summed E-state index contributed by atoms with van der Waals surface area (Å²) in [5, 5.41) is 9.90. The summed E-state index contributed by atoms with van der Waals surface area (Å²) in [6, 6.07) is 9.72. The molecule has 146 valence electrons. The van der Waals surface area contributed by atoms with Crippen molar-refractivity contribution in [2.24, 2.45) is 0 Å². The Labute approximate surface area is 161 Å². The van der Waals surface area contributed by atoms with E-state index in [1.165, 1.54) is 6.07 Å². The quantitative estimate of drug-likeness (QED) is 0.682. The number of halogens is 2. The topological polar surface area (TPSA) is 51.5 Å². The molecule has 0 amide bonds. The van der Waals surface area contributed by atoms with Crippen molar-refractivity contribution < 1.29 is 23.4 Å². The van der Waals surface area contributed by atoms with Gasteiger partial charge in [0.25, 0.3) is 0 Å². The number of benzene rings is 2. The molecule has 1 N–H and O–H groups in total. The maximum Gasteiger partial charge on any atom is 0.304 e. The highest BCUT2D eigenvalue weighted by atomic mass is 19.1. The minimum Gasteiger partial charge on any atom is -0.497 e. The molecule has 28 heavy (non-hydrogen) atoms. The van der Waals surface area contributed by atoms with Gasteiger partial charge in [0, 0.05) is 29.6 Å². The summed E-state index contributed by atoms with van der Waals surface area (Å²) < 4.78 is 35.8. The molecule has 2 aromatic carbocycles. The molecule has 0 radical (unpaired) electrons. The van der Waals surface area contributed by atoms with Crippen LogP contribution in [-0.4, -0.2) is 22.8 Å². The summed E-state index contributed by atoms with van der Waals surface area (Å²) in [6.45, 7) is 0.383. The number of rotatable bonds is 5. The van der Waals surface area contributed by atoms with Crippen molar-refractivity contribution in [2.75, 3.05) is 7.11 Å². The fourth-order valence-electron chi connectivity index (χ4n) is 4.37. The average Bonchev–Trinajstić information content (AvgIpc) is 2.97. The molecule has 0 fully saturated rings. The predicted octanol–water partition coefficient (Wildman–Crippen LogP) is 4.87. The van der Waals surface area contributed by atoms with Crippen molar-refractivity contribution in [3.05, 3.63) is 64.9 Å². The van der Waals surface area contributed by atoms with Gasteiger partial charge in [-0.3, -0.25) is 4.79 Å². The fourth-order valence-corrected chi connectivity index (χ4v) is 4.37. The molecule has 1 heterocycles. The Bertz CT molecular complexity index is 1040. The molecular weight excluding hydrogens is 364 g/mol. The zero-order valence-electron chi connectivity index (χ0n) is 15.5. The lowest BCUT2D eigenvalue weighted by Crippen LogP contribution is -2.17. The number of carboxylic acids is 1. The third kappa shape index (κ3) is 3.23. The van der Waals surface area contributed by atoms with Gasteiger partial charge in [-0.25, -0.2) is 8.78 Å². The van der Waals surface area contributed by atoms with E-state index >= 15 is 0 Å². The number of aromatic nitrogens is 1. The van der Waals surface area contributed by atoms with Gasteiger partial charge in [0.2, 0.25) is 0 Å². The Morgan fingerprint density at radius 3 is 2.68 bits per heavy atom. The molecule has 1 unspecified atom stereocenters. The standard InChI is InChI=1S/C22H21F2NO3/c1-28-16-7-5-13(6-8-16)12-25-21-14(9-20(26)27)3-2-4-17(21)18-10-15(23)11-19(24)22(18)25/h5-8,10-11,14H,2-4,9,12H2,1H3,(H,26,27). The molecule has 0 saturated heterocycles. The number of fused-ring (bicyclic) bond motifs is 3. The molecule has 3 aromatic rings. The smallest absolute Gasteiger partial charge is 0.304 e. The highest BCUT2D eigenvalue weighted by Gasteiger charge is 2.30. The zero-order chi connectivity index (χ0) is 19.8. The minimum atomic E-state index is -0.884. The number of carboxylic acid groups (broad SMARTS) is 1. The second-order valence-corrected chi connectivity index (χ2v) is 7.27. The summed E-state index contributed by atoms with van der Waals surface area (Å²) in [4.78, 5) is 11.4. The third-order valence-corrected chi connectivity index (χ3v) is 5.51. The van der Waals surface area contributed by atoms with E-state index in [-0.39, 0.29) is 12.3 Å². The van der Waals surface area contributed by atoms with Crippen LogP contribution in [0.1, 0.15) is 42.0 Å². The maximum absolute atomic E-state index is 14.8. The van der Waals surface area contributed by atoms with Gasteiger partial charge in [-0.2, -0.15) is 0 Å². The van der Waals surface area contributed by atoms with E-state index in [1.54, 1.807) is 7.11 Å². The highest BCUT2D eigenvalue weighted by Crippen LogP contribution is 2.41. The first-order valence-corrected chi connectivity index (χ1v) is 9.32. The number of aryl methyl sites for hydroxylation is 1. The van der Waals surface area contributed by atoms with Crippen molar-refractivity contribution in [1.82, 2.24) is 4.57 Å². The van der Waals surface area contributed by atoms with E-state index in [0.717, 1.165) is 41.5 Å². The summed E-state index contributed by atoms with van der Waals surface area (Å²) >= 11 is 0. The first-order chi connectivity index (χ1) is 13.5. The molecular formula is C22H21F2NO3. The zero-order valence-corrected chi connectivity index (χ0v) is 15.5. The summed E-state index contributed by atoms with van der Waals surface area (Å²) in [6.07, 6.45) is 2.21. The van der Waals surface area contributed by atoms with Crippen LogP contribution in [0, 0.1) is 11.6 Å². The van der Waals surface area contributed by atoms with Crippen LogP contribution in [0.15, 0.2) is 36.4 Å². The van der Waals surface area contributed by atoms with Crippen molar-refractivity contribution in [2.45, 2.75) is 38.1 Å². The van der Waals surface area contributed by atoms with Crippen LogP contribution < -0.4 is 4.74 Å². The third-order valence-electron chi connectivity index (χ3n) is 5.51. The number of aliphatic carboxylic acids is 1. The second-order valence-electron chi connectivity index (χ2n) is 7.27. The second kappa shape index (κ2) is 7.26. The largest absolute Gasteiger partial charge is 0.497 e. The lowest BCUT2D eigenvalue weighted by molar-refractivity contribution is -0.137. The number of hydrogen-bond donors (Lipinski definition) is 1. The van der Waals surface area contributed by atoms with Gasteiger partial charge < -0.3 is 14.4 Å².